The second-order valence-corrected chi connectivity index (χ2v) is 7.95. The Morgan fingerprint density at radius 2 is 1.54 bits per heavy atom. The van der Waals surface area contributed by atoms with Crippen LogP contribution in [0.4, 0.5) is 0 Å². The van der Waals surface area contributed by atoms with Crippen molar-refractivity contribution in [3.63, 3.8) is 0 Å². The lowest BCUT2D eigenvalue weighted by molar-refractivity contribution is 0.470. The standard InChI is InChI=1S/C21H28O4S/c1-2-3-4-5-6-7-9-12-18-17-20(26(22,23)24)15-16-21(18)25-19-13-10-8-11-14-19/h8,10-11,13-17H,2-7,9,12H2,1H3,(H,22,23,24). The van der Waals surface area contributed by atoms with Crippen molar-refractivity contribution < 1.29 is 17.7 Å². The fraction of sp³-hybridized carbons (Fsp3) is 0.429. The van der Waals surface area contributed by atoms with Crippen LogP contribution >= 0.6 is 0 Å². The molecule has 0 heterocycles. The molecular weight excluding hydrogens is 348 g/mol. The molecule has 0 aliphatic rings. The number of para-hydroxylation sites is 1. The highest BCUT2D eigenvalue weighted by Gasteiger charge is 2.14. The van der Waals surface area contributed by atoms with Crippen LogP contribution in [0, 0.1) is 0 Å². The summed E-state index contributed by atoms with van der Waals surface area (Å²) in [6.07, 6.45) is 9.01. The Morgan fingerprint density at radius 3 is 2.19 bits per heavy atom. The number of hydrogen-bond acceptors (Lipinski definition) is 3. The summed E-state index contributed by atoms with van der Waals surface area (Å²) in [6.45, 7) is 2.20. The fourth-order valence-electron chi connectivity index (χ4n) is 2.90. The molecular formula is C21H28O4S. The summed E-state index contributed by atoms with van der Waals surface area (Å²) < 4.78 is 38.1. The third kappa shape index (κ3) is 6.81. The van der Waals surface area contributed by atoms with Crippen molar-refractivity contribution in [3.8, 4) is 11.5 Å². The lowest BCUT2D eigenvalue weighted by Crippen LogP contribution is -2.01. The average molecular weight is 377 g/mol. The monoisotopic (exact) mass is 376 g/mol. The SMILES string of the molecule is CCCCCCCCCc1cc(S(=O)(=O)O)ccc1Oc1ccccc1. The summed E-state index contributed by atoms with van der Waals surface area (Å²) in [5.41, 5.74) is 0.803. The molecule has 4 nitrogen and oxygen atoms in total. The normalized spacial score (nSPS) is 11.5. The van der Waals surface area contributed by atoms with Crippen molar-refractivity contribution in [2.75, 3.05) is 0 Å². The highest BCUT2D eigenvalue weighted by Crippen LogP contribution is 2.29. The van der Waals surface area contributed by atoms with Gasteiger partial charge in [-0.1, -0.05) is 63.6 Å². The van der Waals surface area contributed by atoms with Crippen LogP contribution in [0.3, 0.4) is 0 Å². The topological polar surface area (TPSA) is 63.6 Å². The molecule has 0 saturated heterocycles. The van der Waals surface area contributed by atoms with Crippen LogP contribution in [0.25, 0.3) is 0 Å². The molecule has 26 heavy (non-hydrogen) atoms. The molecule has 0 fully saturated rings. The van der Waals surface area contributed by atoms with Crippen molar-refractivity contribution in [3.05, 3.63) is 54.1 Å². The van der Waals surface area contributed by atoms with E-state index in [4.69, 9.17) is 4.74 Å². The highest BCUT2D eigenvalue weighted by molar-refractivity contribution is 7.85. The van der Waals surface area contributed by atoms with Crippen molar-refractivity contribution in [1.82, 2.24) is 0 Å². The molecule has 0 aromatic heterocycles. The van der Waals surface area contributed by atoms with E-state index in [0.29, 0.717) is 11.5 Å². The number of aryl methyl sites for hydroxylation is 1. The zero-order chi connectivity index (χ0) is 18.8. The Balaban J connectivity index is 2.04. The Bertz CT molecular complexity index is 770. The second-order valence-electron chi connectivity index (χ2n) is 6.53. The summed E-state index contributed by atoms with van der Waals surface area (Å²) in [5, 5.41) is 0. The van der Waals surface area contributed by atoms with Crippen molar-refractivity contribution >= 4 is 10.1 Å². The molecule has 2 aromatic carbocycles. The van der Waals surface area contributed by atoms with Crippen LogP contribution < -0.4 is 4.74 Å². The summed E-state index contributed by atoms with van der Waals surface area (Å²) >= 11 is 0. The molecule has 142 valence electrons. The van der Waals surface area contributed by atoms with E-state index >= 15 is 0 Å². The van der Waals surface area contributed by atoms with Gasteiger partial charge in [0.1, 0.15) is 11.5 Å². The highest BCUT2D eigenvalue weighted by atomic mass is 32.2. The zero-order valence-electron chi connectivity index (χ0n) is 15.4. The van der Waals surface area contributed by atoms with Gasteiger partial charge in [0.2, 0.25) is 0 Å². The van der Waals surface area contributed by atoms with Gasteiger partial charge in [-0.05, 0) is 48.7 Å². The van der Waals surface area contributed by atoms with Crippen LogP contribution in [0.5, 0.6) is 11.5 Å². The molecule has 2 rings (SSSR count). The maximum Gasteiger partial charge on any atom is 0.294 e. The first-order chi connectivity index (χ1) is 12.5. The van der Waals surface area contributed by atoms with Gasteiger partial charge in [-0.3, -0.25) is 4.55 Å². The zero-order valence-corrected chi connectivity index (χ0v) is 16.2. The van der Waals surface area contributed by atoms with E-state index < -0.39 is 10.1 Å². The predicted molar refractivity (Wildman–Crippen MR) is 104 cm³/mol. The molecule has 2 aromatic rings. The Hall–Kier alpha value is -1.85. The molecule has 0 spiro atoms. The van der Waals surface area contributed by atoms with Gasteiger partial charge in [-0.25, -0.2) is 0 Å². The lowest BCUT2D eigenvalue weighted by Gasteiger charge is -2.12. The van der Waals surface area contributed by atoms with Crippen LogP contribution in [-0.4, -0.2) is 13.0 Å². The molecule has 0 amide bonds. The van der Waals surface area contributed by atoms with Crippen LogP contribution in [-0.2, 0) is 16.5 Å². The van der Waals surface area contributed by atoms with Gasteiger partial charge in [0, 0.05) is 0 Å². The average Bonchev–Trinajstić information content (AvgIpc) is 2.62. The molecule has 0 atom stereocenters. The summed E-state index contributed by atoms with van der Waals surface area (Å²) in [4.78, 5) is -0.0872. The van der Waals surface area contributed by atoms with Gasteiger partial charge in [0.15, 0.2) is 0 Å². The summed E-state index contributed by atoms with van der Waals surface area (Å²) in [5.74, 6) is 1.34. The summed E-state index contributed by atoms with van der Waals surface area (Å²) in [7, 11) is -4.22. The number of benzene rings is 2. The summed E-state index contributed by atoms with van der Waals surface area (Å²) in [6, 6.07) is 13.9. The van der Waals surface area contributed by atoms with Crippen molar-refractivity contribution in [1.29, 1.82) is 0 Å². The first-order valence-electron chi connectivity index (χ1n) is 9.34. The third-order valence-corrected chi connectivity index (χ3v) is 5.20. The van der Waals surface area contributed by atoms with Crippen LogP contribution in [0.2, 0.25) is 0 Å². The molecule has 1 N–H and O–H groups in total. The van der Waals surface area contributed by atoms with E-state index in [9.17, 15) is 13.0 Å². The van der Waals surface area contributed by atoms with Gasteiger partial charge in [-0.15, -0.1) is 0 Å². The molecule has 5 heteroatoms. The Kier molecular flexibility index (Phi) is 8.13. The minimum atomic E-state index is -4.22. The Morgan fingerprint density at radius 1 is 0.885 bits per heavy atom. The molecule has 0 radical (unpaired) electrons. The van der Waals surface area contributed by atoms with E-state index in [2.05, 4.69) is 6.92 Å². The second kappa shape index (κ2) is 10.3. The predicted octanol–water partition coefficient (Wildman–Crippen LogP) is 6.02. The van der Waals surface area contributed by atoms with Crippen molar-refractivity contribution in [2.24, 2.45) is 0 Å². The minimum absolute atomic E-state index is 0.0872. The Labute approximate surface area is 157 Å². The van der Waals surface area contributed by atoms with E-state index in [0.717, 1.165) is 24.8 Å². The van der Waals surface area contributed by atoms with Crippen LogP contribution in [0.15, 0.2) is 53.4 Å². The molecule has 0 aliphatic carbocycles. The lowest BCUT2D eigenvalue weighted by atomic mass is 10.0. The fourth-order valence-corrected chi connectivity index (χ4v) is 3.43. The molecule has 0 bridgehead atoms. The smallest absolute Gasteiger partial charge is 0.294 e. The van der Waals surface area contributed by atoms with E-state index in [1.165, 1.54) is 44.2 Å². The number of ether oxygens (including phenoxy) is 1. The van der Waals surface area contributed by atoms with Gasteiger partial charge in [0.05, 0.1) is 4.90 Å². The molecule has 0 saturated carbocycles. The first kappa shape index (κ1) is 20.5. The van der Waals surface area contributed by atoms with E-state index in [1.54, 1.807) is 6.07 Å². The molecule has 0 unspecified atom stereocenters. The largest absolute Gasteiger partial charge is 0.457 e. The molecule has 0 aliphatic heterocycles. The van der Waals surface area contributed by atoms with Gasteiger partial charge in [-0.2, -0.15) is 8.42 Å². The van der Waals surface area contributed by atoms with Gasteiger partial charge < -0.3 is 4.74 Å². The van der Waals surface area contributed by atoms with E-state index in [-0.39, 0.29) is 4.90 Å². The maximum atomic E-state index is 11.4. The first-order valence-corrected chi connectivity index (χ1v) is 10.8. The maximum absolute atomic E-state index is 11.4. The third-order valence-electron chi connectivity index (χ3n) is 4.35. The van der Waals surface area contributed by atoms with E-state index in [1.807, 2.05) is 30.3 Å². The van der Waals surface area contributed by atoms with Gasteiger partial charge in [0.25, 0.3) is 10.1 Å². The quantitative estimate of drug-likeness (QED) is 0.385. The van der Waals surface area contributed by atoms with Gasteiger partial charge >= 0.3 is 0 Å². The van der Waals surface area contributed by atoms with Crippen molar-refractivity contribution in [2.45, 2.75) is 63.2 Å². The number of hydrogen-bond donors (Lipinski definition) is 1. The number of rotatable bonds is 11. The van der Waals surface area contributed by atoms with Crippen LogP contribution in [0.1, 0.15) is 57.4 Å². The number of unbranched alkanes of at least 4 members (excludes halogenated alkanes) is 6. The minimum Gasteiger partial charge on any atom is -0.457 e.